The van der Waals surface area contributed by atoms with Gasteiger partial charge in [-0.2, -0.15) is 4.31 Å². The zero-order chi connectivity index (χ0) is 18.4. The van der Waals surface area contributed by atoms with Crippen molar-refractivity contribution >= 4 is 16.0 Å². The molecule has 0 aromatic heterocycles. The van der Waals surface area contributed by atoms with Crippen LogP contribution in [0.2, 0.25) is 0 Å². The summed E-state index contributed by atoms with van der Waals surface area (Å²) >= 11 is 0. The molecule has 0 unspecified atom stereocenters. The minimum Gasteiger partial charge on any atom is -0.493 e. The third-order valence-electron chi connectivity index (χ3n) is 4.18. The van der Waals surface area contributed by atoms with Gasteiger partial charge in [-0.15, -0.1) is 0 Å². The highest BCUT2D eigenvalue weighted by atomic mass is 32.2. The highest BCUT2D eigenvalue weighted by molar-refractivity contribution is 7.89. The van der Waals surface area contributed by atoms with Crippen molar-refractivity contribution < 1.29 is 27.4 Å². The lowest BCUT2D eigenvalue weighted by Gasteiger charge is -2.33. The normalized spacial score (nSPS) is 16.4. The van der Waals surface area contributed by atoms with Gasteiger partial charge in [-0.3, -0.25) is 4.79 Å². The van der Waals surface area contributed by atoms with Crippen LogP contribution < -0.4 is 9.47 Å². The van der Waals surface area contributed by atoms with Gasteiger partial charge in [-0.25, -0.2) is 8.42 Å². The van der Waals surface area contributed by atoms with Crippen LogP contribution in [0.25, 0.3) is 0 Å². The summed E-state index contributed by atoms with van der Waals surface area (Å²) in [6.45, 7) is 2.46. The molecule has 0 amide bonds. The van der Waals surface area contributed by atoms with Crippen LogP contribution >= 0.6 is 0 Å². The third-order valence-corrected chi connectivity index (χ3v) is 6.08. The topological polar surface area (TPSA) is 85.4 Å². The molecule has 1 aromatic carbocycles. The Morgan fingerprint density at radius 2 is 1.68 bits per heavy atom. The second kappa shape index (κ2) is 8.50. The summed E-state index contributed by atoms with van der Waals surface area (Å²) in [4.78, 5) is 13.4. The standard InChI is InChI=1S/C16H24N2O6S/c1-22-14-5-4-13(12-15(14)23-2)25(20,21)18-10-8-17(9-11-18)7-6-16(19)24-3/h4-5,12H,6-11H2,1-3H3. The number of nitrogens with zero attached hydrogens (tertiary/aromatic N) is 2. The molecule has 2 rings (SSSR count). The number of ether oxygens (including phenoxy) is 3. The number of carbonyl (C=O) groups is 1. The van der Waals surface area contributed by atoms with Gasteiger partial charge in [0.25, 0.3) is 0 Å². The zero-order valence-electron chi connectivity index (χ0n) is 14.7. The molecule has 8 nitrogen and oxygen atoms in total. The van der Waals surface area contributed by atoms with Crippen LogP contribution in [0, 0.1) is 0 Å². The van der Waals surface area contributed by atoms with E-state index in [1.807, 2.05) is 0 Å². The minimum absolute atomic E-state index is 0.174. The Balaban J connectivity index is 2.03. The lowest BCUT2D eigenvalue weighted by atomic mass is 10.3. The van der Waals surface area contributed by atoms with Gasteiger partial charge >= 0.3 is 5.97 Å². The fourth-order valence-corrected chi connectivity index (χ4v) is 4.11. The highest BCUT2D eigenvalue weighted by Gasteiger charge is 2.29. The number of sulfonamides is 1. The third kappa shape index (κ3) is 4.62. The number of hydrogen-bond donors (Lipinski definition) is 0. The predicted octanol–water partition coefficient (Wildman–Crippen LogP) is 0.573. The van der Waals surface area contributed by atoms with E-state index in [-0.39, 0.29) is 10.9 Å². The predicted molar refractivity (Wildman–Crippen MR) is 91.4 cm³/mol. The van der Waals surface area contributed by atoms with E-state index in [2.05, 4.69) is 9.64 Å². The van der Waals surface area contributed by atoms with E-state index in [9.17, 15) is 13.2 Å². The summed E-state index contributed by atoms with van der Waals surface area (Å²) in [5, 5.41) is 0. The largest absolute Gasteiger partial charge is 0.493 e. The Kier molecular flexibility index (Phi) is 6.63. The van der Waals surface area contributed by atoms with Crippen LogP contribution in [0.4, 0.5) is 0 Å². The van der Waals surface area contributed by atoms with Gasteiger partial charge in [0.1, 0.15) is 0 Å². The van der Waals surface area contributed by atoms with Crippen molar-refractivity contribution in [2.75, 3.05) is 54.1 Å². The van der Waals surface area contributed by atoms with Gasteiger partial charge in [-0.1, -0.05) is 0 Å². The van der Waals surface area contributed by atoms with Crippen molar-refractivity contribution in [3.8, 4) is 11.5 Å². The van der Waals surface area contributed by atoms with E-state index < -0.39 is 10.0 Å². The van der Waals surface area contributed by atoms with Crippen molar-refractivity contribution in [2.45, 2.75) is 11.3 Å². The molecular formula is C16H24N2O6S. The number of esters is 1. The molecule has 1 aliphatic rings. The van der Waals surface area contributed by atoms with Crippen molar-refractivity contribution in [2.24, 2.45) is 0 Å². The van der Waals surface area contributed by atoms with E-state index in [4.69, 9.17) is 9.47 Å². The number of methoxy groups -OCH3 is 3. The quantitative estimate of drug-likeness (QED) is 0.647. The molecule has 0 radical (unpaired) electrons. The SMILES string of the molecule is COC(=O)CCN1CCN(S(=O)(=O)c2ccc(OC)c(OC)c2)CC1. The molecule has 0 spiro atoms. The molecule has 140 valence electrons. The van der Waals surface area contributed by atoms with Gasteiger partial charge in [-0.05, 0) is 12.1 Å². The average Bonchev–Trinajstić information content (AvgIpc) is 2.65. The van der Waals surface area contributed by atoms with Gasteiger partial charge in [0.2, 0.25) is 10.0 Å². The lowest BCUT2D eigenvalue weighted by Crippen LogP contribution is -2.48. The average molecular weight is 372 g/mol. The minimum atomic E-state index is -3.60. The first-order valence-electron chi connectivity index (χ1n) is 7.93. The molecule has 1 heterocycles. The Labute approximate surface area is 148 Å². The first kappa shape index (κ1) is 19.5. The van der Waals surface area contributed by atoms with Crippen LogP contribution in [0.3, 0.4) is 0 Å². The molecule has 25 heavy (non-hydrogen) atoms. The second-order valence-corrected chi connectivity index (χ2v) is 7.53. The first-order valence-corrected chi connectivity index (χ1v) is 9.37. The number of rotatable bonds is 7. The van der Waals surface area contributed by atoms with Crippen LogP contribution in [0.5, 0.6) is 11.5 Å². The molecule has 1 saturated heterocycles. The van der Waals surface area contributed by atoms with Crippen molar-refractivity contribution in [1.82, 2.24) is 9.21 Å². The van der Waals surface area contributed by atoms with Gasteiger partial charge in [0.15, 0.2) is 11.5 Å². The van der Waals surface area contributed by atoms with Gasteiger partial charge in [0.05, 0.1) is 32.6 Å². The van der Waals surface area contributed by atoms with Crippen LogP contribution in [-0.2, 0) is 19.6 Å². The van der Waals surface area contributed by atoms with E-state index in [1.165, 1.54) is 37.8 Å². The number of carbonyl (C=O) groups excluding carboxylic acids is 1. The van der Waals surface area contributed by atoms with E-state index >= 15 is 0 Å². The van der Waals surface area contributed by atoms with E-state index in [0.29, 0.717) is 50.6 Å². The maximum atomic E-state index is 12.8. The van der Waals surface area contributed by atoms with Crippen LogP contribution in [0.15, 0.2) is 23.1 Å². The Morgan fingerprint density at radius 3 is 2.24 bits per heavy atom. The Hall–Kier alpha value is -1.84. The molecule has 1 aromatic rings. The molecule has 0 saturated carbocycles. The monoisotopic (exact) mass is 372 g/mol. The number of hydrogen-bond acceptors (Lipinski definition) is 7. The molecule has 0 aliphatic carbocycles. The number of benzene rings is 1. The first-order chi connectivity index (χ1) is 11.9. The summed E-state index contributed by atoms with van der Waals surface area (Å²) in [5.41, 5.74) is 0. The maximum absolute atomic E-state index is 12.8. The molecule has 0 N–H and O–H groups in total. The van der Waals surface area contributed by atoms with Crippen LogP contribution in [0.1, 0.15) is 6.42 Å². The Bertz CT molecular complexity index is 699. The lowest BCUT2D eigenvalue weighted by molar-refractivity contribution is -0.141. The highest BCUT2D eigenvalue weighted by Crippen LogP contribution is 2.30. The Morgan fingerprint density at radius 1 is 1.04 bits per heavy atom. The molecule has 1 fully saturated rings. The van der Waals surface area contributed by atoms with Gasteiger partial charge in [0, 0.05) is 38.8 Å². The van der Waals surface area contributed by atoms with E-state index in [0.717, 1.165) is 0 Å². The van der Waals surface area contributed by atoms with E-state index in [1.54, 1.807) is 6.07 Å². The second-order valence-electron chi connectivity index (χ2n) is 5.59. The smallest absolute Gasteiger partial charge is 0.306 e. The van der Waals surface area contributed by atoms with Crippen molar-refractivity contribution in [3.63, 3.8) is 0 Å². The van der Waals surface area contributed by atoms with Crippen molar-refractivity contribution in [1.29, 1.82) is 0 Å². The summed E-state index contributed by atoms with van der Waals surface area (Å²) in [5.74, 6) is 0.592. The van der Waals surface area contributed by atoms with Crippen LogP contribution in [-0.4, -0.2) is 77.6 Å². The maximum Gasteiger partial charge on any atom is 0.306 e. The molecule has 0 atom stereocenters. The molecule has 9 heteroatoms. The molecule has 1 aliphatic heterocycles. The van der Waals surface area contributed by atoms with Gasteiger partial charge < -0.3 is 19.1 Å². The summed E-state index contributed by atoms with van der Waals surface area (Å²) in [6, 6.07) is 4.57. The summed E-state index contributed by atoms with van der Waals surface area (Å²) in [7, 11) is 0.724. The zero-order valence-corrected chi connectivity index (χ0v) is 15.5. The summed E-state index contributed by atoms with van der Waals surface area (Å²) in [6.07, 6.45) is 0.304. The fraction of sp³-hybridized carbons (Fsp3) is 0.562. The molecule has 0 bridgehead atoms. The number of piperazine rings is 1. The fourth-order valence-electron chi connectivity index (χ4n) is 2.67. The summed E-state index contributed by atoms with van der Waals surface area (Å²) < 4.78 is 42.0. The van der Waals surface area contributed by atoms with Crippen molar-refractivity contribution in [3.05, 3.63) is 18.2 Å². The molecular weight excluding hydrogens is 348 g/mol.